The molecule has 1 aromatic heterocycles. The van der Waals surface area contributed by atoms with Crippen LogP contribution in [0.15, 0.2) is 6.20 Å². The fourth-order valence-corrected chi connectivity index (χ4v) is 2.35. The van der Waals surface area contributed by atoms with Gasteiger partial charge in [0.2, 0.25) is 5.95 Å². The van der Waals surface area contributed by atoms with Crippen molar-refractivity contribution in [3.05, 3.63) is 11.9 Å². The van der Waals surface area contributed by atoms with Crippen LogP contribution in [0.5, 0.6) is 0 Å². The number of aromatic amines is 1. The summed E-state index contributed by atoms with van der Waals surface area (Å²) in [5.41, 5.74) is 0.565. The molecular weight excluding hydrogens is 270 g/mol. The molecule has 1 saturated carbocycles. The molecule has 0 aliphatic heterocycles. The quantitative estimate of drug-likeness (QED) is 0.661. The van der Waals surface area contributed by atoms with Crippen LogP contribution in [0.3, 0.4) is 0 Å². The first-order chi connectivity index (χ1) is 7.79. The number of H-pyrrole nitrogens is 1. The summed E-state index contributed by atoms with van der Waals surface area (Å²) >= 11 is 3.14. The molecule has 88 valence electrons. The smallest absolute Gasteiger partial charge is 0.200 e. The number of hydrogen-bond donors (Lipinski definition) is 2. The number of alkyl halides is 1. The number of hydrogen-bond acceptors (Lipinski definition) is 3. The van der Waals surface area contributed by atoms with Crippen LogP contribution >= 0.6 is 15.9 Å². The third kappa shape index (κ3) is 2.84. The lowest BCUT2D eigenvalue weighted by Gasteiger charge is -2.22. The number of nitrogens with zero attached hydrogens (tertiary/aromatic N) is 1. The zero-order valence-corrected chi connectivity index (χ0v) is 10.7. The van der Waals surface area contributed by atoms with E-state index in [0.717, 1.165) is 5.95 Å². The Morgan fingerprint density at radius 2 is 2.25 bits per heavy atom. The molecule has 1 aromatic rings. The molecule has 1 heterocycles. The summed E-state index contributed by atoms with van der Waals surface area (Å²) in [6.45, 7) is 0. The zero-order valence-electron chi connectivity index (χ0n) is 9.13. The summed E-state index contributed by atoms with van der Waals surface area (Å²) in [6.07, 6.45) is 7.89. The molecule has 5 heteroatoms. The second-order valence-electron chi connectivity index (χ2n) is 4.18. The number of carbonyl (C=O) groups is 1. The Kier molecular flexibility index (Phi) is 3.98. The standard InChI is InChI=1S/C11H16BrN3O/c12-6-10(16)9-7-13-11(15-9)14-8-4-2-1-3-5-8/h7-8H,1-6H2,(H2,13,14,15). The SMILES string of the molecule is O=C(CBr)c1cnc(NC2CCCCC2)[nH]1. The lowest BCUT2D eigenvalue weighted by molar-refractivity contribution is 0.101. The van der Waals surface area contributed by atoms with Crippen molar-refractivity contribution in [3.63, 3.8) is 0 Å². The maximum atomic E-state index is 11.4. The molecule has 4 nitrogen and oxygen atoms in total. The normalized spacial score (nSPS) is 17.3. The van der Waals surface area contributed by atoms with E-state index < -0.39 is 0 Å². The summed E-state index contributed by atoms with van der Waals surface area (Å²) in [5, 5.41) is 3.68. The van der Waals surface area contributed by atoms with Crippen molar-refractivity contribution >= 4 is 27.7 Å². The molecule has 0 unspecified atom stereocenters. The fourth-order valence-electron chi connectivity index (χ4n) is 2.05. The highest BCUT2D eigenvalue weighted by Gasteiger charge is 2.15. The van der Waals surface area contributed by atoms with E-state index in [2.05, 4.69) is 31.2 Å². The van der Waals surface area contributed by atoms with Gasteiger partial charge < -0.3 is 10.3 Å². The van der Waals surface area contributed by atoms with Gasteiger partial charge >= 0.3 is 0 Å². The van der Waals surface area contributed by atoms with E-state index in [-0.39, 0.29) is 5.78 Å². The van der Waals surface area contributed by atoms with Crippen molar-refractivity contribution in [3.8, 4) is 0 Å². The van der Waals surface area contributed by atoms with Crippen molar-refractivity contribution in [1.29, 1.82) is 0 Å². The van der Waals surface area contributed by atoms with Crippen molar-refractivity contribution in [1.82, 2.24) is 9.97 Å². The number of carbonyl (C=O) groups excluding carboxylic acids is 1. The van der Waals surface area contributed by atoms with Crippen molar-refractivity contribution in [2.45, 2.75) is 38.1 Å². The van der Waals surface area contributed by atoms with Gasteiger partial charge in [-0.3, -0.25) is 4.79 Å². The Morgan fingerprint density at radius 3 is 2.94 bits per heavy atom. The van der Waals surface area contributed by atoms with Gasteiger partial charge in [0, 0.05) is 6.04 Å². The first kappa shape index (κ1) is 11.6. The molecule has 1 aliphatic carbocycles. The van der Waals surface area contributed by atoms with E-state index in [1.165, 1.54) is 32.1 Å². The third-order valence-electron chi connectivity index (χ3n) is 2.94. The van der Waals surface area contributed by atoms with Gasteiger partial charge in [0.05, 0.1) is 11.5 Å². The number of halogens is 1. The lowest BCUT2D eigenvalue weighted by Crippen LogP contribution is -2.22. The second-order valence-corrected chi connectivity index (χ2v) is 4.74. The molecule has 0 aromatic carbocycles. The first-order valence-electron chi connectivity index (χ1n) is 5.70. The zero-order chi connectivity index (χ0) is 11.4. The molecule has 0 bridgehead atoms. The predicted octanol–water partition coefficient (Wildman–Crippen LogP) is 2.73. The minimum atomic E-state index is 0.0317. The van der Waals surface area contributed by atoms with Crippen LogP contribution in [0.25, 0.3) is 0 Å². The van der Waals surface area contributed by atoms with Crippen LogP contribution in [0.4, 0.5) is 5.95 Å². The fraction of sp³-hybridized carbons (Fsp3) is 0.636. The van der Waals surface area contributed by atoms with E-state index in [0.29, 0.717) is 17.1 Å². The molecule has 0 saturated heterocycles. The van der Waals surface area contributed by atoms with E-state index >= 15 is 0 Å². The van der Waals surface area contributed by atoms with Crippen LogP contribution in [-0.4, -0.2) is 27.1 Å². The number of rotatable bonds is 4. The number of ketones is 1. The number of Topliss-reactive ketones (excluding diaryl/α,β-unsaturated/α-hetero) is 1. The Morgan fingerprint density at radius 1 is 1.50 bits per heavy atom. The van der Waals surface area contributed by atoms with Gasteiger partial charge in [-0.2, -0.15) is 0 Å². The number of aromatic nitrogens is 2. The van der Waals surface area contributed by atoms with E-state index in [1.54, 1.807) is 6.20 Å². The molecule has 0 spiro atoms. The minimum Gasteiger partial charge on any atom is -0.353 e. The maximum Gasteiger partial charge on any atom is 0.200 e. The van der Waals surface area contributed by atoms with E-state index in [4.69, 9.17) is 0 Å². The average Bonchev–Trinajstić information content (AvgIpc) is 2.78. The molecule has 0 amide bonds. The molecule has 1 fully saturated rings. The summed E-state index contributed by atoms with van der Waals surface area (Å²) < 4.78 is 0. The molecule has 0 radical (unpaired) electrons. The first-order valence-corrected chi connectivity index (χ1v) is 6.82. The van der Waals surface area contributed by atoms with Crippen LogP contribution in [0.2, 0.25) is 0 Å². The molecule has 16 heavy (non-hydrogen) atoms. The lowest BCUT2D eigenvalue weighted by atomic mass is 9.96. The Labute approximate surface area is 103 Å². The van der Waals surface area contributed by atoms with Gasteiger partial charge in [-0.1, -0.05) is 35.2 Å². The number of anilines is 1. The minimum absolute atomic E-state index is 0.0317. The van der Waals surface area contributed by atoms with Crippen molar-refractivity contribution in [2.75, 3.05) is 10.6 Å². The largest absolute Gasteiger partial charge is 0.353 e. The number of imidazole rings is 1. The van der Waals surface area contributed by atoms with Crippen LogP contribution in [0.1, 0.15) is 42.6 Å². The highest BCUT2D eigenvalue weighted by molar-refractivity contribution is 9.09. The summed E-state index contributed by atoms with van der Waals surface area (Å²) in [7, 11) is 0. The van der Waals surface area contributed by atoms with Gasteiger partial charge in [-0.25, -0.2) is 4.98 Å². The molecular formula is C11H16BrN3O. The van der Waals surface area contributed by atoms with Gasteiger partial charge in [0.15, 0.2) is 5.78 Å². The van der Waals surface area contributed by atoms with Crippen LogP contribution in [0, 0.1) is 0 Å². The van der Waals surface area contributed by atoms with Crippen LogP contribution < -0.4 is 5.32 Å². The highest BCUT2D eigenvalue weighted by atomic mass is 79.9. The monoisotopic (exact) mass is 285 g/mol. The van der Waals surface area contributed by atoms with E-state index in [9.17, 15) is 4.79 Å². The predicted molar refractivity (Wildman–Crippen MR) is 67.2 cm³/mol. The maximum absolute atomic E-state index is 11.4. The second kappa shape index (κ2) is 5.48. The molecule has 0 atom stereocenters. The van der Waals surface area contributed by atoms with Crippen molar-refractivity contribution in [2.24, 2.45) is 0 Å². The summed E-state index contributed by atoms with van der Waals surface area (Å²) in [5.74, 6) is 0.750. The topological polar surface area (TPSA) is 57.8 Å². The van der Waals surface area contributed by atoms with Gasteiger partial charge in [-0.15, -0.1) is 0 Å². The van der Waals surface area contributed by atoms with Crippen molar-refractivity contribution < 1.29 is 4.79 Å². The van der Waals surface area contributed by atoms with E-state index in [1.807, 2.05) is 0 Å². The van der Waals surface area contributed by atoms with Gasteiger partial charge in [0.25, 0.3) is 0 Å². The van der Waals surface area contributed by atoms with Gasteiger partial charge in [0.1, 0.15) is 5.69 Å². The number of nitrogens with one attached hydrogen (secondary N) is 2. The average molecular weight is 286 g/mol. The Balaban J connectivity index is 1.94. The summed E-state index contributed by atoms with van der Waals surface area (Å²) in [6, 6.07) is 0.506. The molecule has 2 N–H and O–H groups in total. The summed E-state index contributed by atoms with van der Waals surface area (Å²) in [4.78, 5) is 18.6. The third-order valence-corrected chi connectivity index (χ3v) is 3.45. The molecule has 2 rings (SSSR count). The Bertz CT molecular complexity index is 358. The Hall–Kier alpha value is -0.840. The van der Waals surface area contributed by atoms with Gasteiger partial charge in [-0.05, 0) is 12.8 Å². The highest BCUT2D eigenvalue weighted by Crippen LogP contribution is 2.20. The molecule has 1 aliphatic rings. The van der Waals surface area contributed by atoms with Crippen LogP contribution in [-0.2, 0) is 0 Å².